The van der Waals surface area contributed by atoms with Gasteiger partial charge in [-0.05, 0) is 0 Å². The van der Waals surface area contributed by atoms with Gasteiger partial charge in [-0.1, -0.05) is 0 Å². The molecule has 0 amide bonds. The second-order valence-corrected chi connectivity index (χ2v) is 1.75. The minimum atomic E-state index is 0.998. The minimum absolute atomic E-state index is 0.998. The Kier molecular flexibility index (Phi) is 3.80. The van der Waals surface area contributed by atoms with Crippen LogP contribution >= 0.6 is 11.9 Å². The highest BCUT2D eigenvalue weighted by Crippen LogP contribution is 1.84. The summed E-state index contributed by atoms with van der Waals surface area (Å²) in [5.74, 6) is 0. The van der Waals surface area contributed by atoms with Crippen LogP contribution < -0.4 is 4.83 Å². The first-order valence-electron chi connectivity index (χ1n) is 1.75. The van der Waals surface area contributed by atoms with E-state index in [-0.39, 0.29) is 0 Å². The SMILES string of the molecule is CN(C)NSC#N. The van der Waals surface area contributed by atoms with Crippen LogP contribution in [0.25, 0.3) is 0 Å². The van der Waals surface area contributed by atoms with Crippen LogP contribution in [0.1, 0.15) is 0 Å². The first-order chi connectivity index (χ1) is 3.27. The lowest BCUT2D eigenvalue weighted by Crippen LogP contribution is -2.22. The molecule has 0 radical (unpaired) electrons. The van der Waals surface area contributed by atoms with Gasteiger partial charge < -0.3 is 0 Å². The number of nitrogens with zero attached hydrogens (tertiary/aromatic N) is 2. The average Bonchev–Trinajstić information content (AvgIpc) is 1.61. The Labute approximate surface area is 47.4 Å². The highest BCUT2D eigenvalue weighted by molar-refractivity contribution is 8.01. The quantitative estimate of drug-likeness (QED) is 0.318. The van der Waals surface area contributed by atoms with Gasteiger partial charge in [-0.2, -0.15) is 10.1 Å². The molecule has 0 bridgehead atoms. The predicted molar refractivity (Wildman–Crippen MR) is 30.0 cm³/mol. The molecule has 4 heteroatoms. The fraction of sp³-hybridized carbons (Fsp3) is 0.667. The van der Waals surface area contributed by atoms with Gasteiger partial charge in [0.1, 0.15) is 0 Å². The largest absolute Gasteiger partial charge is 0.240 e. The first-order valence-corrected chi connectivity index (χ1v) is 2.57. The van der Waals surface area contributed by atoms with Crippen LogP contribution in [0.2, 0.25) is 0 Å². The molecule has 0 fully saturated rings. The van der Waals surface area contributed by atoms with E-state index in [0.29, 0.717) is 0 Å². The summed E-state index contributed by atoms with van der Waals surface area (Å²) in [4.78, 5) is 2.68. The van der Waals surface area contributed by atoms with Gasteiger partial charge in [0.15, 0.2) is 5.40 Å². The van der Waals surface area contributed by atoms with Crippen molar-refractivity contribution < 1.29 is 0 Å². The molecule has 0 aliphatic rings. The van der Waals surface area contributed by atoms with Gasteiger partial charge in [-0.25, -0.2) is 5.01 Å². The Balaban J connectivity index is 2.86. The smallest absolute Gasteiger partial charge is 0.151 e. The third-order valence-corrected chi connectivity index (χ3v) is 0.822. The third-order valence-electron chi connectivity index (χ3n) is 0.274. The molecule has 0 saturated carbocycles. The zero-order valence-electron chi connectivity index (χ0n) is 4.30. The molecule has 0 aromatic rings. The normalized spacial score (nSPS) is 8.86. The fourth-order valence-corrected chi connectivity index (χ4v) is 0.335. The van der Waals surface area contributed by atoms with Gasteiger partial charge in [0, 0.05) is 14.1 Å². The predicted octanol–water partition coefficient (Wildman–Crippen LogP) is 0.182. The van der Waals surface area contributed by atoms with Gasteiger partial charge in [0.25, 0.3) is 0 Å². The Bertz CT molecular complexity index is 74.7. The van der Waals surface area contributed by atoms with Gasteiger partial charge in [0.2, 0.25) is 0 Å². The summed E-state index contributed by atoms with van der Waals surface area (Å²) < 4.78 is 0. The lowest BCUT2D eigenvalue weighted by atomic mass is 11.2. The molecule has 0 rings (SSSR count). The lowest BCUT2D eigenvalue weighted by Gasteiger charge is -2.04. The zero-order valence-corrected chi connectivity index (χ0v) is 5.12. The van der Waals surface area contributed by atoms with Gasteiger partial charge >= 0.3 is 0 Å². The number of nitriles is 1. The van der Waals surface area contributed by atoms with Crippen molar-refractivity contribution in [2.45, 2.75) is 0 Å². The van der Waals surface area contributed by atoms with Crippen molar-refractivity contribution >= 4 is 11.9 Å². The van der Waals surface area contributed by atoms with Crippen molar-refractivity contribution in [3.8, 4) is 5.40 Å². The molecule has 0 aliphatic heterocycles. The molecular formula is C3H7N3S. The van der Waals surface area contributed by atoms with E-state index in [4.69, 9.17) is 5.26 Å². The van der Waals surface area contributed by atoms with Crippen LogP contribution in [0.3, 0.4) is 0 Å². The second kappa shape index (κ2) is 3.93. The van der Waals surface area contributed by atoms with E-state index < -0.39 is 0 Å². The van der Waals surface area contributed by atoms with Crippen molar-refractivity contribution in [1.29, 1.82) is 5.26 Å². The van der Waals surface area contributed by atoms with E-state index in [1.165, 1.54) is 0 Å². The summed E-state index contributed by atoms with van der Waals surface area (Å²) in [5.41, 5.74) is 0. The standard InChI is InChI=1S/C3H7N3S/c1-6(2)5-7-3-4/h5H,1-2H3. The van der Waals surface area contributed by atoms with Crippen LogP contribution in [-0.4, -0.2) is 19.1 Å². The van der Waals surface area contributed by atoms with Gasteiger partial charge in [0.05, 0.1) is 11.9 Å². The lowest BCUT2D eigenvalue weighted by molar-refractivity contribution is 0.386. The maximum Gasteiger partial charge on any atom is 0.151 e. The van der Waals surface area contributed by atoms with Crippen LogP contribution in [0.15, 0.2) is 0 Å². The summed E-state index contributed by atoms with van der Waals surface area (Å²) >= 11 is 0.998. The number of hydrazine groups is 1. The molecule has 7 heavy (non-hydrogen) atoms. The summed E-state index contributed by atoms with van der Waals surface area (Å²) in [6.45, 7) is 0. The monoisotopic (exact) mass is 117 g/mol. The van der Waals surface area contributed by atoms with E-state index in [0.717, 1.165) is 11.9 Å². The van der Waals surface area contributed by atoms with E-state index in [1.54, 1.807) is 5.01 Å². The highest BCUT2D eigenvalue weighted by Gasteiger charge is 1.81. The number of hydrogen-bond donors (Lipinski definition) is 1. The van der Waals surface area contributed by atoms with Gasteiger partial charge in [-0.15, -0.1) is 0 Å². The summed E-state index contributed by atoms with van der Waals surface area (Å²) in [6, 6.07) is 0. The number of hydrogen-bond acceptors (Lipinski definition) is 4. The Morgan fingerprint density at radius 3 is 2.43 bits per heavy atom. The second-order valence-electron chi connectivity index (χ2n) is 1.18. The number of thiocyanates is 1. The van der Waals surface area contributed by atoms with Crippen molar-refractivity contribution in [2.75, 3.05) is 14.1 Å². The molecule has 0 saturated heterocycles. The number of rotatable bonds is 2. The van der Waals surface area contributed by atoms with Crippen LogP contribution in [0, 0.1) is 10.7 Å². The van der Waals surface area contributed by atoms with E-state index in [2.05, 4.69) is 4.83 Å². The Morgan fingerprint density at radius 1 is 1.71 bits per heavy atom. The van der Waals surface area contributed by atoms with E-state index >= 15 is 0 Å². The van der Waals surface area contributed by atoms with Crippen molar-refractivity contribution in [1.82, 2.24) is 9.84 Å². The maximum absolute atomic E-state index is 7.94. The third kappa shape index (κ3) is 5.76. The molecule has 0 aromatic heterocycles. The zero-order chi connectivity index (χ0) is 5.70. The molecule has 0 unspecified atom stereocenters. The molecule has 1 N–H and O–H groups in total. The summed E-state index contributed by atoms with van der Waals surface area (Å²) in [7, 11) is 3.65. The summed E-state index contributed by atoms with van der Waals surface area (Å²) in [6.07, 6.45) is 0. The molecule has 0 aliphatic carbocycles. The van der Waals surface area contributed by atoms with E-state index in [1.807, 2.05) is 19.5 Å². The Hall–Kier alpha value is -0.240. The van der Waals surface area contributed by atoms with Crippen LogP contribution in [-0.2, 0) is 0 Å². The van der Waals surface area contributed by atoms with Gasteiger partial charge in [-0.3, -0.25) is 0 Å². The first kappa shape index (κ1) is 6.76. The van der Waals surface area contributed by atoms with E-state index in [9.17, 15) is 0 Å². The fourth-order valence-electron chi connectivity index (χ4n) is 0.112. The Morgan fingerprint density at radius 2 is 2.29 bits per heavy atom. The average molecular weight is 117 g/mol. The molecule has 0 atom stereocenters. The molecule has 0 heterocycles. The highest BCUT2D eigenvalue weighted by atomic mass is 32.2. The minimum Gasteiger partial charge on any atom is -0.240 e. The van der Waals surface area contributed by atoms with Crippen LogP contribution in [0.5, 0.6) is 0 Å². The number of nitrogens with one attached hydrogen (secondary N) is 1. The molecule has 0 aromatic carbocycles. The summed E-state index contributed by atoms with van der Waals surface area (Å²) in [5, 5.41) is 11.5. The molecular weight excluding hydrogens is 110 g/mol. The molecule has 40 valence electrons. The maximum atomic E-state index is 7.94. The van der Waals surface area contributed by atoms with Crippen molar-refractivity contribution in [3.05, 3.63) is 0 Å². The topological polar surface area (TPSA) is 39.1 Å². The molecule has 0 spiro atoms. The van der Waals surface area contributed by atoms with Crippen molar-refractivity contribution in [3.63, 3.8) is 0 Å². The van der Waals surface area contributed by atoms with Crippen LogP contribution in [0.4, 0.5) is 0 Å². The molecule has 3 nitrogen and oxygen atoms in total. The van der Waals surface area contributed by atoms with Crippen molar-refractivity contribution in [2.24, 2.45) is 0 Å².